The Hall–Kier alpha value is -5.12. The molecule has 1 saturated heterocycles. The van der Waals surface area contributed by atoms with Crippen LogP contribution >= 0.6 is 0 Å². The monoisotopic (exact) mass is 659 g/mol. The van der Waals surface area contributed by atoms with Crippen LogP contribution in [0.25, 0.3) is 22.0 Å². The lowest BCUT2D eigenvalue weighted by atomic mass is 10.0. The number of H-pyrrole nitrogens is 1. The molecule has 0 radical (unpaired) electrons. The van der Waals surface area contributed by atoms with Crippen molar-refractivity contribution in [1.82, 2.24) is 19.9 Å². The lowest BCUT2D eigenvalue weighted by Crippen LogP contribution is -2.39. The highest BCUT2D eigenvalue weighted by molar-refractivity contribution is 7.92. The molecule has 1 aliphatic rings. The molecule has 3 heterocycles. The minimum atomic E-state index is -4.99. The van der Waals surface area contributed by atoms with Gasteiger partial charge >= 0.3 is 0 Å². The van der Waals surface area contributed by atoms with Gasteiger partial charge in [-0.1, -0.05) is 0 Å². The molecule has 16 heteroatoms. The van der Waals surface area contributed by atoms with Crippen molar-refractivity contribution in [1.29, 1.82) is 0 Å². The second-order valence-corrected chi connectivity index (χ2v) is 11.9. The van der Waals surface area contributed by atoms with E-state index >= 15 is 4.39 Å². The first-order valence-corrected chi connectivity index (χ1v) is 15.2. The Morgan fingerprint density at radius 2 is 1.80 bits per heavy atom. The Labute approximate surface area is 261 Å². The van der Waals surface area contributed by atoms with E-state index in [1.54, 1.807) is 4.90 Å². The molecule has 5 rings (SSSR count). The van der Waals surface area contributed by atoms with E-state index < -0.39 is 43.9 Å². The molecule has 2 aromatic heterocycles. The van der Waals surface area contributed by atoms with Crippen LogP contribution in [-0.2, 0) is 19.6 Å². The van der Waals surface area contributed by atoms with E-state index in [9.17, 15) is 31.2 Å². The number of nitrogens with one attached hydrogen (secondary N) is 2. The third-order valence-electron chi connectivity index (χ3n) is 7.09. The SMILES string of the molecule is [2H]c1nc(=NC2CCN(C(=O)/C=C/C(C)=O)CC2)c2c(F)c(-c3cnc(OC)c(NS(=O)(=O)c4c(F)cc(F)cc4F)c3)ccc2[nH]1. The minimum Gasteiger partial charge on any atom is -0.480 e. The van der Waals surface area contributed by atoms with Gasteiger partial charge in [0.1, 0.15) is 30.3 Å². The number of anilines is 1. The van der Waals surface area contributed by atoms with E-state index in [1.165, 1.54) is 37.4 Å². The summed E-state index contributed by atoms with van der Waals surface area (Å²) in [4.78, 5) is 39.0. The number of carbonyl (C=O) groups excluding carboxylic acids is 2. The van der Waals surface area contributed by atoms with E-state index in [2.05, 4.69) is 19.9 Å². The number of carbonyl (C=O) groups is 2. The number of allylic oxidation sites excluding steroid dienone is 1. The van der Waals surface area contributed by atoms with Crippen LogP contribution in [-0.4, -0.2) is 66.2 Å². The van der Waals surface area contributed by atoms with Crippen molar-refractivity contribution in [3.63, 3.8) is 0 Å². The second-order valence-electron chi connectivity index (χ2n) is 10.2. The predicted octanol–water partition coefficient (Wildman–Crippen LogP) is 4.03. The number of benzene rings is 2. The van der Waals surface area contributed by atoms with E-state index in [1.807, 2.05) is 4.72 Å². The molecule has 0 aliphatic carbocycles. The number of nitrogens with zero attached hydrogens (tertiary/aromatic N) is 4. The number of aromatic amines is 1. The maximum Gasteiger partial charge on any atom is 0.267 e. The number of rotatable bonds is 8. The van der Waals surface area contributed by atoms with Gasteiger partial charge in [0.2, 0.25) is 11.8 Å². The number of halogens is 4. The number of ether oxygens (including phenoxy) is 1. The van der Waals surface area contributed by atoms with Crippen molar-refractivity contribution in [3.05, 3.63) is 83.7 Å². The normalized spacial score (nSPS) is 15.0. The molecule has 0 atom stereocenters. The molecule has 1 aliphatic heterocycles. The van der Waals surface area contributed by atoms with Gasteiger partial charge in [0.05, 0.1) is 30.4 Å². The molecule has 1 fully saturated rings. The van der Waals surface area contributed by atoms with Gasteiger partial charge in [-0.25, -0.2) is 35.9 Å². The summed E-state index contributed by atoms with van der Waals surface area (Å²) in [6.07, 6.45) is 4.12. The zero-order valence-electron chi connectivity index (χ0n) is 25.3. The summed E-state index contributed by atoms with van der Waals surface area (Å²) in [5, 5.41) is -0.0743. The first kappa shape index (κ1) is 30.9. The number of pyridine rings is 1. The number of likely N-dealkylation sites (tertiary alicyclic amines) is 1. The van der Waals surface area contributed by atoms with E-state index in [0.29, 0.717) is 25.9 Å². The summed E-state index contributed by atoms with van der Waals surface area (Å²) >= 11 is 0. The van der Waals surface area contributed by atoms with Crippen molar-refractivity contribution in [2.75, 3.05) is 24.9 Å². The standard InChI is InChI=1S/C30H26F4N6O5S/c1-16(41)3-6-25(42)40-9-7-19(8-10-40)38-29-26-23(36-15-37-29)5-4-20(27(26)34)17-11-24(30(45-2)35-14-17)39-46(43,44)28-21(32)12-18(31)13-22(28)33/h3-6,11-15,19,39H,7-10H2,1-2H3,(H,36,37,38)/b6-3+/i15D. The summed E-state index contributed by atoms with van der Waals surface area (Å²) in [6, 6.07) is 3.99. The largest absolute Gasteiger partial charge is 0.480 e. The molecule has 0 saturated carbocycles. The summed E-state index contributed by atoms with van der Waals surface area (Å²) in [6.45, 7) is 1.99. The highest BCUT2D eigenvalue weighted by Gasteiger charge is 2.27. The maximum absolute atomic E-state index is 16.3. The van der Waals surface area contributed by atoms with Crippen molar-refractivity contribution in [2.24, 2.45) is 4.99 Å². The summed E-state index contributed by atoms with van der Waals surface area (Å²) in [7, 11) is -3.83. The van der Waals surface area contributed by atoms with Crippen molar-refractivity contribution in [2.45, 2.75) is 30.7 Å². The molecule has 2 N–H and O–H groups in total. The number of sulfonamides is 1. The van der Waals surface area contributed by atoms with Crippen molar-refractivity contribution >= 4 is 38.3 Å². The number of fused-ring (bicyclic) bond motifs is 1. The number of hydrogen-bond acceptors (Lipinski definition) is 8. The lowest BCUT2D eigenvalue weighted by molar-refractivity contribution is -0.127. The Morgan fingerprint density at radius 1 is 1.11 bits per heavy atom. The number of methoxy groups -OCH3 is 1. The van der Waals surface area contributed by atoms with Crippen LogP contribution in [0.2, 0.25) is 0 Å². The molecule has 46 heavy (non-hydrogen) atoms. The van der Waals surface area contributed by atoms with Crippen LogP contribution in [0, 0.1) is 23.3 Å². The minimum absolute atomic E-state index is 0.0225. The fourth-order valence-corrected chi connectivity index (χ4v) is 6.08. The van der Waals surface area contributed by atoms with Gasteiger partial charge in [-0.2, -0.15) is 0 Å². The number of ketones is 1. The van der Waals surface area contributed by atoms with Crippen molar-refractivity contribution in [3.8, 4) is 17.0 Å². The average Bonchev–Trinajstić information content (AvgIpc) is 2.99. The molecule has 1 amide bonds. The molecule has 2 aromatic carbocycles. The van der Waals surface area contributed by atoms with Crippen LogP contribution in [0.1, 0.15) is 21.1 Å². The zero-order valence-corrected chi connectivity index (χ0v) is 25.1. The molecule has 4 aromatic rings. The van der Waals surface area contributed by atoms with Gasteiger partial charge in [-0.05, 0) is 44.0 Å². The zero-order chi connectivity index (χ0) is 34.0. The van der Waals surface area contributed by atoms with Gasteiger partial charge in [0, 0.05) is 48.6 Å². The number of amides is 1. The van der Waals surface area contributed by atoms with E-state index in [0.717, 1.165) is 13.2 Å². The Morgan fingerprint density at radius 3 is 2.46 bits per heavy atom. The number of aromatic nitrogens is 3. The van der Waals surface area contributed by atoms with Crippen molar-refractivity contribution < 1.29 is 41.7 Å². The predicted molar refractivity (Wildman–Crippen MR) is 158 cm³/mol. The van der Waals surface area contributed by atoms with Crippen LogP contribution in [0.4, 0.5) is 23.2 Å². The molecule has 0 bridgehead atoms. The van der Waals surface area contributed by atoms with Gasteiger partial charge in [-0.15, -0.1) is 0 Å². The smallest absolute Gasteiger partial charge is 0.267 e. The fraction of sp³-hybridized carbons (Fsp3) is 0.233. The van der Waals surface area contributed by atoms with Crippen LogP contribution in [0.15, 0.2) is 64.9 Å². The summed E-state index contributed by atoms with van der Waals surface area (Å²) in [5.74, 6) is -6.39. The molecule has 0 unspecified atom stereocenters. The highest BCUT2D eigenvalue weighted by atomic mass is 32.2. The summed E-state index contributed by atoms with van der Waals surface area (Å²) in [5.41, 5.74) is -0.350. The Bertz CT molecular complexity index is 2100. The number of hydrogen-bond donors (Lipinski definition) is 2. The molecule has 11 nitrogen and oxygen atoms in total. The number of piperidine rings is 1. The lowest BCUT2D eigenvalue weighted by Gasteiger charge is -2.29. The quantitative estimate of drug-likeness (QED) is 0.215. The second kappa shape index (κ2) is 13.1. The van der Waals surface area contributed by atoms with Crippen LogP contribution < -0.4 is 14.9 Å². The molecular weight excluding hydrogens is 632 g/mol. The average molecular weight is 660 g/mol. The first-order chi connectivity index (χ1) is 22.3. The Kier molecular flexibility index (Phi) is 8.78. The topological polar surface area (TPSA) is 147 Å². The van der Waals surface area contributed by atoms with E-state index in [-0.39, 0.29) is 69.6 Å². The molecular formula is C30H26F4N6O5S. The maximum atomic E-state index is 16.3. The van der Waals surface area contributed by atoms with Gasteiger partial charge in [0.15, 0.2) is 16.2 Å². The van der Waals surface area contributed by atoms with Crippen LogP contribution in [0.5, 0.6) is 5.88 Å². The first-order valence-electron chi connectivity index (χ1n) is 14.2. The highest BCUT2D eigenvalue weighted by Crippen LogP contribution is 2.33. The summed E-state index contributed by atoms with van der Waals surface area (Å²) < 4.78 is 99.3. The van der Waals surface area contributed by atoms with E-state index in [4.69, 9.17) is 6.11 Å². The van der Waals surface area contributed by atoms with Crippen LogP contribution in [0.3, 0.4) is 0 Å². The molecule has 240 valence electrons. The third-order valence-corrected chi connectivity index (χ3v) is 8.51. The van der Waals surface area contributed by atoms with Gasteiger partial charge < -0.3 is 14.6 Å². The molecule has 0 spiro atoms. The Balaban J connectivity index is 1.51. The fourth-order valence-electron chi connectivity index (χ4n) is 4.91. The third kappa shape index (κ3) is 6.75. The van der Waals surface area contributed by atoms with Gasteiger partial charge in [0.25, 0.3) is 10.0 Å². The van der Waals surface area contributed by atoms with Gasteiger partial charge in [-0.3, -0.25) is 19.3 Å².